The molecular weight excluding hydrogens is 452 g/mol. The molecule has 1 atom stereocenters. The average Bonchev–Trinajstić information content (AvgIpc) is 3.32. The first-order valence-electron chi connectivity index (χ1n) is 9.15. The Hall–Kier alpha value is -2.57. The Labute approximate surface area is 178 Å². The first kappa shape index (κ1) is 18.5. The number of carbonyl (C=O) groups is 1. The van der Waals surface area contributed by atoms with E-state index in [-0.39, 0.29) is 11.0 Å². The number of rotatable bonds is 3. The highest BCUT2D eigenvalue weighted by Crippen LogP contribution is 2.43. The zero-order valence-corrected chi connectivity index (χ0v) is 17.8. The van der Waals surface area contributed by atoms with E-state index in [1.54, 1.807) is 0 Å². The highest BCUT2D eigenvalue weighted by Gasteiger charge is 2.32. The van der Waals surface area contributed by atoms with Gasteiger partial charge in [0, 0.05) is 20.8 Å². The summed E-state index contributed by atoms with van der Waals surface area (Å²) in [7, 11) is 0. The molecule has 3 heterocycles. The summed E-state index contributed by atoms with van der Waals surface area (Å²) in [5.74, 6) is 0.231. The van der Waals surface area contributed by atoms with Crippen LogP contribution in [0.2, 0.25) is 0 Å². The molecule has 29 heavy (non-hydrogen) atoms. The van der Waals surface area contributed by atoms with Crippen LogP contribution in [0.4, 0.5) is 0 Å². The van der Waals surface area contributed by atoms with Gasteiger partial charge in [0.1, 0.15) is 11.2 Å². The Morgan fingerprint density at radius 3 is 2.66 bits per heavy atom. The van der Waals surface area contributed by atoms with Gasteiger partial charge in [-0.2, -0.15) is 0 Å². The summed E-state index contributed by atoms with van der Waals surface area (Å²) in [5.41, 5.74) is 2.91. The fourth-order valence-corrected chi connectivity index (χ4v) is 5.49. The Morgan fingerprint density at radius 2 is 1.93 bits per heavy atom. The minimum Gasteiger partial charge on any atom is -0.452 e. The van der Waals surface area contributed by atoms with E-state index in [0.717, 1.165) is 20.3 Å². The van der Waals surface area contributed by atoms with E-state index in [1.807, 2.05) is 55.5 Å². The van der Waals surface area contributed by atoms with Crippen LogP contribution in [0.25, 0.3) is 33.1 Å². The highest BCUT2D eigenvalue weighted by atomic mass is 79.9. The van der Waals surface area contributed by atoms with E-state index < -0.39 is 5.63 Å². The molecule has 1 aliphatic rings. The van der Waals surface area contributed by atoms with Crippen LogP contribution in [0.3, 0.4) is 0 Å². The molecular formula is C23H15BrO4S. The van der Waals surface area contributed by atoms with E-state index in [2.05, 4.69) is 15.9 Å². The van der Waals surface area contributed by atoms with Crippen molar-refractivity contribution in [3.05, 3.63) is 80.2 Å². The van der Waals surface area contributed by atoms with Gasteiger partial charge in [-0.1, -0.05) is 36.4 Å². The molecule has 2 aromatic carbocycles. The van der Waals surface area contributed by atoms with Crippen molar-refractivity contribution < 1.29 is 13.6 Å². The molecule has 0 aliphatic carbocycles. The summed E-state index contributed by atoms with van der Waals surface area (Å²) in [5, 5.41) is 1.24. The van der Waals surface area contributed by atoms with Crippen molar-refractivity contribution in [2.45, 2.75) is 18.6 Å². The molecule has 0 saturated heterocycles. The third-order valence-corrected chi connectivity index (χ3v) is 7.06. The van der Waals surface area contributed by atoms with Crippen LogP contribution in [-0.2, 0) is 0 Å². The van der Waals surface area contributed by atoms with Gasteiger partial charge in [-0.05, 0) is 52.5 Å². The van der Waals surface area contributed by atoms with Crippen LogP contribution in [0.1, 0.15) is 22.5 Å². The van der Waals surface area contributed by atoms with Crippen LogP contribution in [0.15, 0.2) is 72.1 Å². The molecule has 6 heteroatoms. The molecule has 4 aromatic rings. The lowest BCUT2D eigenvalue weighted by atomic mass is 9.97. The summed E-state index contributed by atoms with van der Waals surface area (Å²) in [6.07, 6.45) is 2.64. The summed E-state index contributed by atoms with van der Waals surface area (Å²) < 4.78 is 12.6. The molecule has 0 N–H and O–H groups in total. The molecule has 5 rings (SSSR count). The number of Topliss-reactive ketones (excluding diaryl/α,β-unsaturated/α-hetero) is 1. The van der Waals surface area contributed by atoms with Gasteiger partial charge in [0.25, 0.3) is 0 Å². The maximum atomic E-state index is 13.4. The average molecular weight is 467 g/mol. The molecule has 4 nitrogen and oxygen atoms in total. The second-order valence-electron chi connectivity index (χ2n) is 6.95. The largest absolute Gasteiger partial charge is 0.452 e. The number of hydrogen-bond donors (Lipinski definition) is 0. The molecule has 144 valence electrons. The zero-order chi connectivity index (χ0) is 20.1. The summed E-state index contributed by atoms with van der Waals surface area (Å²) in [6.45, 7) is 1.87. The van der Waals surface area contributed by atoms with E-state index in [4.69, 9.17) is 8.83 Å². The van der Waals surface area contributed by atoms with Crippen molar-refractivity contribution in [2.24, 2.45) is 0 Å². The molecule has 1 unspecified atom stereocenters. The van der Waals surface area contributed by atoms with Crippen molar-refractivity contribution in [1.82, 2.24) is 0 Å². The van der Waals surface area contributed by atoms with Gasteiger partial charge in [-0.15, -0.1) is 11.8 Å². The predicted molar refractivity (Wildman–Crippen MR) is 120 cm³/mol. The quantitative estimate of drug-likeness (QED) is 0.256. The molecule has 0 saturated carbocycles. The van der Waals surface area contributed by atoms with Crippen LogP contribution in [0, 0.1) is 6.92 Å². The number of benzene rings is 2. The number of aryl methyl sites for hydroxylation is 1. The molecule has 1 aliphatic heterocycles. The number of allylic oxidation sites excluding steroid dienone is 1. The van der Waals surface area contributed by atoms with Crippen LogP contribution in [-0.4, -0.2) is 11.0 Å². The monoisotopic (exact) mass is 466 g/mol. The normalized spacial score (nSPS) is 16.5. The Balaban J connectivity index is 1.85. The Morgan fingerprint density at radius 1 is 1.14 bits per heavy atom. The standard InChI is InChI=1S/C23H15BrO4S/c1-12-11-18(25)28-22-14(12)7-8-15-20(22)19(13-5-3-2-4-6-13)23(27-15)21(26)16-9-10-17(24)29-16/h2-8,10-11,16H,9H2,1H3. The van der Waals surface area contributed by atoms with Crippen molar-refractivity contribution in [3.63, 3.8) is 0 Å². The van der Waals surface area contributed by atoms with E-state index >= 15 is 0 Å². The molecule has 0 radical (unpaired) electrons. The number of fused-ring (bicyclic) bond motifs is 3. The number of hydrogen-bond acceptors (Lipinski definition) is 5. The van der Waals surface area contributed by atoms with E-state index in [9.17, 15) is 9.59 Å². The smallest absolute Gasteiger partial charge is 0.336 e. The van der Waals surface area contributed by atoms with Gasteiger partial charge < -0.3 is 8.83 Å². The van der Waals surface area contributed by atoms with Gasteiger partial charge >= 0.3 is 5.63 Å². The predicted octanol–water partition coefficient (Wildman–Crippen LogP) is 6.44. The molecule has 0 amide bonds. The van der Waals surface area contributed by atoms with Crippen molar-refractivity contribution >= 4 is 55.4 Å². The SMILES string of the molecule is Cc1cc(=O)oc2c1ccc1oc(C(=O)C3CC=C(Br)S3)c(-c3ccccc3)c12. The van der Waals surface area contributed by atoms with Gasteiger partial charge in [0.2, 0.25) is 5.78 Å². The van der Waals surface area contributed by atoms with Gasteiger partial charge in [0.15, 0.2) is 5.76 Å². The third-order valence-electron chi connectivity index (χ3n) is 5.10. The Kier molecular flexibility index (Phi) is 4.48. The molecule has 0 bridgehead atoms. The summed E-state index contributed by atoms with van der Waals surface area (Å²) in [4.78, 5) is 25.5. The summed E-state index contributed by atoms with van der Waals surface area (Å²) >= 11 is 4.94. The van der Waals surface area contributed by atoms with E-state index in [1.165, 1.54) is 17.8 Å². The number of halogens is 1. The first-order chi connectivity index (χ1) is 14.0. The van der Waals surface area contributed by atoms with Crippen molar-refractivity contribution in [2.75, 3.05) is 0 Å². The zero-order valence-electron chi connectivity index (χ0n) is 15.4. The first-order valence-corrected chi connectivity index (χ1v) is 10.8. The van der Waals surface area contributed by atoms with Gasteiger partial charge in [0.05, 0.1) is 10.6 Å². The fraction of sp³-hybridized carbons (Fsp3) is 0.130. The molecule has 2 aromatic heterocycles. The fourth-order valence-electron chi connectivity index (χ4n) is 3.75. The lowest BCUT2D eigenvalue weighted by molar-refractivity contribution is 0.0967. The number of ketones is 1. The lowest BCUT2D eigenvalue weighted by Gasteiger charge is -2.08. The lowest BCUT2D eigenvalue weighted by Crippen LogP contribution is -2.14. The van der Waals surface area contributed by atoms with Crippen LogP contribution in [0.5, 0.6) is 0 Å². The number of furan rings is 1. The maximum absolute atomic E-state index is 13.4. The number of carbonyl (C=O) groups excluding carboxylic acids is 1. The maximum Gasteiger partial charge on any atom is 0.336 e. The second-order valence-corrected chi connectivity index (χ2v) is 9.57. The van der Waals surface area contributed by atoms with Gasteiger partial charge in [-0.3, -0.25) is 4.79 Å². The van der Waals surface area contributed by atoms with Crippen LogP contribution < -0.4 is 5.63 Å². The number of thioether (sulfide) groups is 1. The van der Waals surface area contributed by atoms with E-state index in [0.29, 0.717) is 34.3 Å². The topological polar surface area (TPSA) is 60.4 Å². The minimum atomic E-state index is -0.421. The van der Waals surface area contributed by atoms with Gasteiger partial charge in [-0.25, -0.2) is 4.79 Å². The summed E-state index contributed by atoms with van der Waals surface area (Å²) in [6, 6.07) is 14.8. The second kappa shape index (κ2) is 7.04. The third kappa shape index (κ3) is 3.07. The van der Waals surface area contributed by atoms with Crippen LogP contribution >= 0.6 is 27.7 Å². The van der Waals surface area contributed by atoms with Crippen molar-refractivity contribution in [1.29, 1.82) is 0 Å². The minimum absolute atomic E-state index is 0.0705. The molecule has 0 fully saturated rings. The highest BCUT2D eigenvalue weighted by molar-refractivity contribution is 9.14. The molecule has 0 spiro atoms. The van der Waals surface area contributed by atoms with Crippen molar-refractivity contribution in [3.8, 4) is 11.1 Å². The Bertz CT molecular complexity index is 1360.